The number of carboxylic acids is 1. The molecule has 1 unspecified atom stereocenters. The molecule has 0 aliphatic rings. The van der Waals surface area contributed by atoms with Crippen LogP contribution < -0.4 is 5.32 Å². The van der Waals surface area contributed by atoms with Crippen LogP contribution in [-0.2, 0) is 9.59 Å². The molecule has 7 nitrogen and oxygen atoms in total. The molecule has 1 rings (SSSR count). The lowest BCUT2D eigenvalue weighted by Gasteiger charge is -2.22. The molecule has 0 aliphatic carbocycles. The zero-order chi connectivity index (χ0) is 18.7. The van der Waals surface area contributed by atoms with Crippen molar-refractivity contribution in [2.45, 2.75) is 19.0 Å². The first-order valence-corrected chi connectivity index (χ1v) is 6.84. The molecular formula is C13H12ClF3N2O5. The summed E-state index contributed by atoms with van der Waals surface area (Å²) in [5.41, 5.74) is -0.442. The average molecular weight is 369 g/mol. The maximum absolute atomic E-state index is 12.2. The number of carboxylic acid groups (broad SMARTS) is 1. The van der Waals surface area contributed by atoms with E-state index in [0.29, 0.717) is 0 Å². The maximum atomic E-state index is 12.2. The van der Waals surface area contributed by atoms with Crippen molar-refractivity contribution in [1.82, 2.24) is 5.32 Å². The van der Waals surface area contributed by atoms with Gasteiger partial charge in [-0.2, -0.15) is 13.2 Å². The van der Waals surface area contributed by atoms with E-state index in [9.17, 15) is 32.9 Å². The van der Waals surface area contributed by atoms with Crippen LogP contribution in [-0.4, -0.2) is 34.6 Å². The van der Waals surface area contributed by atoms with Crippen LogP contribution in [0.4, 0.5) is 18.9 Å². The molecule has 0 heterocycles. The summed E-state index contributed by atoms with van der Waals surface area (Å²) in [6.07, 6.45) is -5.12. The van der Waals surface area contributed by atoms with Crippen molar-refractivity contribution in [2.24, 2.45) is 5.92 Å². The van der Waals surface area contributed by atoms with Gasteiger partial charge in [0.15, 0.2) is 0 Å². The Balaban J connectivity index is 3.15. The van der Waals surface area contributed by atoms with Crippen molar-refractivity contribution in [3.63, 3.8) is 0 Å². The molecule has 0 saturated heterocycles. The fourth-order valence-corrected chi connectivity index (χ4v) is 2.15. The van der Waals surface area contributed by atoms with Gasteiger partial charge in [-0.3, -0.25) is 19.7 Å². The molecule has 0 saturated carbocycles. The monoisotopic (exact) mass is 368 g/mol. The van der Waals surface area contributed by atoms with Gasteiger partial charge in [-0.05, 0) is 11.6 Å². The zero-order valence-corrected chi connectivity index (χ0v) is 12.9. The van der Waals surface area contributed by atoms with E-state index in [4.69, 9.17) is 16.7 Å². The number of benzene rings is 1. The number of nitrogens with zero attached hydrogens (tertiary/aromatic N) is 1. The van der Waals surface area contributed by atoms with Gasteiger partial charge < -0.3 is 10.4 Å². The number of nitrogens with one attached hydrogen (secondary N) is 1. The summed E-state index contributed by atoms with van der Waals surface area (Å²) in [7, 11) is 0. The van der Waals surface area contributed by atoms with Crippen LogP contribution in [0.1, 0.15) is 18.4 Å². The number of amides is 1. The molecule has 24 heavy (non-hydrogen) atoms. The smallest absolute Gasteiger partial charge is 0.471 e. The van der Waals surface area contributed by atoms with Crippen LogP contribution >= 0.6 is 11.6 Å². The number of aliphatic carboxylic acids is 1. The van der Waals surface area contributed by atoms with Crippen LogP contribution in [0.5, 0.6) is 0 Å². The summed E-state index contributed by atoms with van der Waals surface area (Å²) in [5, 5.41) is 21.3. The fourth-order valence-electron chi connectivity index (χ4n) is 1.96. The quantitative estimate of drug-likeness (QED) is 0.592. The molecule has 1 aromatic carbocycles. The molecule has 11 heteroatoms. The van der Waals surface area contributed by atoms with E-state index in [2.05, 4.69) is 0 Å². The SMILES string of the molecule is CC(C(=O)O)[C@@H](CNC(=O)C(F)(F)F)c1ccc(Cl)c([N+](=O)[O-])c1. The van der Waals surface area contributed by atoms with E-state index in [1.54, 1.807) is 5.32 Å². The Morgan fingerprint density at radius 3 is 2.46 bits per heavy atom. The number of hydrogen-bond donors (Lipinski definition) is 2. The van der Waals surface area contributed by atoms with Crippen LogP contribution in [0.25, 0.3) is 0 Å². The first-order valence-electron chi connectivity index (χ1n) is 6.46. The standard InChI is InChI=1S/C13H12ClF3N2O5/c1-6(11(20)21)8(5-18-12(22)13(15,16)17)7-2-3-9(14)10(4-7)19(23)24/h2-4,6,8H,5H2,1H3,(H,18,22)(H,20,21)/t6?,8-/m1/s1. The van der Waals surface area contributed by atoms with Crippen LogP contribution in [0.2, 0.25) is 5.02 Å². The minimum atomic E-state index is -5.12. The number of rotatable bonds is 6. The number of carbonyl (C=O) groups is 2. The second kappa shape index (κ2) is 7.47. The van der Waals surface area contributed by atoms with E-state index < -0.39 is 47.0 Å². The van der Waals surface area contributed by atoms with Crippen molar-refractivity contribution in [3.8, 4) is 0 Å². The molecule has 132 valence electrons. The molecule has 1 aromatic rings. The number of nitro benzene ring substituents is 1. The number of carbonyl (C=O) groups excluding carboxylic acids is 1. The second-order valence-electron chi connectivity index (χ2n) is 4.91. The molecule has 0 aromatic heterocycles. The number of nitro groups is 1. The van der Waals surface area contributed by atoms with Crippen molar-refractivity contribution in [3.05, 3.63) is 38.9 Å². The molecule has 0 bridgehead atoms. The Hall–Kier alpha value is -2.36. The molecule has 0 fully saturated rings. The zero-order valence-electron chi connectivity index (χ0n) is 12.1. The highest BCUT2D eigenvalue weighted by molar-refractivity contribution is 6.32. The van der Waals surface area contributed by atoms with Gasteiger partial charge in [-0.15, -0.1) is 0 Å². The molecule has 1 amide bonds. The van der Waals surface area contributed by atoms with Crippen molar-refractivity contribution in [2.75, 3.05) is 6.54 Å². The highest BCUT2D eigenvalue weighted by Gasteiger charge is 2.39. The molecule has 0 spiro atoms. The Morgan fingerprint density at radius 2 is 2.00 bits per heavy atom. The summed E-state index contributed by atoms with van der Waals surface area (Å²) in [4.78, 5) is 32.1. The summed E-state index contributed by atoms with van der Waals surface area (Å²) >= 11 is 5.65. The number of alkyl halides is 3. The van der Waals surface area contributed by atoms with Gasteiger partial charge in [0.1, 0.15) is 5.02 Å². The minimum Gasteiger partial charge on any atom is -0.481 e. The Labute approximate surface area is 138 Å². The van der Waals surface area contributed by atoms with Gasteiger partial charge in [0.25, 0.3) is 5.69 Å². The molecular weight excluding hydrogens is 357 g/mol. The van der Waals surface area contributed by atoms with Crippen LogP contribution in [0.3, 0.4) is 0 Å². The first kappa shape index (κ1) is 19.7. The lowest BCUT2D eigenvalue weighted by Crippen LogP contribution is -2.40. The first-order chi connectivity index (χ1) is 10.9. The number of hydrogen-bond acceptors (Lipinski definition) is 4. The third-order valence-electron chi connectivity index (χ3n) is 3.33. The fraction of sp³-hybridized carbons (Fsp3) is 0.385. The lowest BCUT2D eigenvalue weighted by atomic mass is 9.87. The predicted molar refractivity (Wildman–Crippen MR) is 76.7 cm³/mol. The van der Waals surface area contributed by atoms with Gasteiger partial charge in [0, 0.05) is 18.5 Å². The highest BCUT2D eigenvalue weighted by atomic mass is 35.5. The summed E-state index contributed by atoms with van der Waals surface area (Å²) in [6.45, 7) is 0.553. The summed E-state index contributed by atoms with van der Waals surface area (Å²) in [5.74, 6) is -5.89. The molecule has 0 radical (unpaired) electrons. The molecule has 2 N–H and O–H groups in total. The van der Waals surface area contributed by atoms with Crippen molar-refractivity contribution in [1.29, 1.82) is 0 Å². The molecule has 2 atom stereocenters. The van der Waals surface area contributed by atoms with E-state index in [1.165, 1.54) is 13.0 Å². The van der Waals surface area contributed by atoms with E-state index in [1.807, 2.05) is 0 Å². The maximum Gasteiger partial charge on any atom is 0.471 e. The van der Waals surface area contributed by atoms with E-state index in [-0.39, 0.29) is 10.6 Å². The summed E-state index contributed by atoms with van der Waals surface area (Å²) in [6, 6.07) is 3.38. The molecule has 0 aliphatic heterocycles. The largest absolute Gasteiger partial charge is 0.481 e. The second-order valence-corrected chi connectivity index (χ2v) is 5.32. The third kappa shape index (κ3) is 4.82. The van der Waals surface area contributed by atoms with E-state index in [0.717, 1.165) is 12.1 Å². The normalized spacial score (nSPS) is 13.9. The Bertz CT molecular complexity index is 665. The van der Waals surface area contributed by atoms with Crippen molar-refractivity contribution < 1.29 is 32.8 Å². The van der Waals surface area contributed by atoms with Gasteiger partial charge in [0.05, 0.1) is 10.8 Å². The highest BCUT2D eigenvalue weighted by Crippen LogP contribution is 2.32. The Kier molecular flexibility index (Phi) is 6.13. The topological polar surface area (TPSA) is 110 Å². The van der Waals surface area contributed by atoms with Gasteiger partial charge in [-0.1, -0.05) is 24.6 Å². The van der Waals surface area contributed by atoms with E-state index >= 15 is 0 Å². The van der Waals surface area contributed by atoms with Gasteiger partial charge in [-0.25, -0.2) is 0 Å². The predicted octanol–water partition coefficient (Wildman–Crippen LogP) is 2.73. The van der Waals surface area contributed by atoms with Crippen molar-refractivity contribution >= 4 is 29.2 Å². The van der Waals surface area contributed by atoms with Gasteiger partial charge in [0.2, 0.25) is 0 Å². The lowest BCUT2D eigenvalue weighted by molar-refractivity contribution is -0.384. The Morgan fingerprint density at radius 1 is 1.42 bits per heavy atom. The van der Waals surface area contributed by atoms with Gasteiger partial charge >= 0.3 is 18.1 Å². The van der Waals surface area contributed by atoms with Crippen LogP contribution in [0.15, 0.2) is 18.2 Å². The van der Waals surface area contributed by atoms with Crippen LogP contribution in [0, 0.1) is 16.0 Å². The minimum absolute atomic E-state index is 0.0727. The third-order valence-corrected chi connectivity index (χ3v) is 3.65. The average Bonchev–Trinajstić information content (AvgIpc) is 2.46. The summed E-state index contributed by atoms with van der Waals surface area (Å²) < 4.78 is 36.7. The number of halogens is 4.